The second-order valence-electron chi connectivity index (χ2n) is 4.28. The third kappa shape index (κ3) is 2.58. The molecule has 2 rings (SSSR count). The Morgan fingerprint density at radius 1 is 1.53 bits per heavy atom. The molecule has 0 radical (unpaired) electrons. The van der Waals surface area contributed by atoms with Gasteiger partial charge in [0.1, 0.15) is 5.75 Å². The van der Waals surface area contributed by atoms with Gasteiger partial charge in [0.2, 0.25) is 0 Å². The van der Waals surface area contributed by atoms with Crippen molar-refractivity contribution >= 4 is 5.91 Å². The molecule has 1 amide bonds. The van der Waals surface area contributed by atoms with E-state index in [0.717, 1.165) is 17.9 Å². The molecule has 0 bridgehead atoms. The van der Waals surface area contributed by atoms with Crippen LogP contribution in [0.4, 0.5) is 0 Å². The summed E-state index contributed by atoms with van der Waals surface area (Å²) in [6, 6.07) is 7.82. The van der Waals surface area contributed by atoms with Crippen LogP contribution in [0.5, 0.6) is 5.75 Å². The molecule has 0 aliphatic carbocycles. The first-order valence-corrected chi connectivity index (χ1v) is 5.86. The summed E-state index contributed by atoms with van der Waals surface area (Å²) in [5.41, 5.74) is 1.12. The van der Waals surface area contributed by atoms with Gasteiger partial charge in [-0.05, 0) is 18.7 Å². The first-order valence-electron chi connectivity index (χ1n) is 5.86. The molecule has 1 aliphatic heterocycles. The molecule has 0 fully saturated rings. The minimum absolute atomic E-state index is 0.0523. The van der Waals surface area contributed by atoms with Crippen LogP contribution >= 0.6 is 0 Å². The topological polar surface area (TPSA) is 41.6 Å². The largest absolute Gasteiger partial charge is 0.480 e. The highest BCUT2D eigenvalue weighted by atomic mass is 16.5. The average Bonchev–Trinajstić information content (AvgIpc) is 2.78. The predicted octanol–water partition coefficient (Wildman–Crippen LogP) is 0.668. The number of ether oxygens (including phenoxy) is 1. The molecule has 1 unspecified atom stereocenters. The molecule has 1 aromatic rings. The molecule has 1 heterocycles. The van der Waals surface area contributed by atoms with Gasteiger partial charge >= 0.3 is 0 Å². The van der Waals surface area contributed by atoms with Crippen LogP contribution in [0, 0.1) is 0 Å². The lowest BCUT2D eigenvalue weighted by atomic mass is 10.1. The van der Waals surface area contributed by atoms with Crippen molar-refractivity contribution in [1.29, 1.82) is 0 Å². The standard InChI is InChI=1S/C13H18N2O2/c1-14-7-8-15(2)13(16)12-9-10-5-3-4-6-11(10)17-12/h3-6,12,14H,7-9H2,1-2H3. The maximum Gasteiger partial charge on any atom is 0.263 e. The van der Waals surface area contributed by atoms with Gasteiger partial charge in [-0.1, -0.05) is 18.2 Å². The summed E-state index contributed by atoms with van der Waals surface area (Å²) in [5.74, 6) is 0.893. The lowest BCUT2D eigenvalue weighted by molar-refractivity contribution is -0.136. The highest BCUT2D eigenvalue weighted by Gasteiger charge is 2.30. The number of para-hydroxylation sites is 1. The van der Waals surface area contributed by atoms with Crippen molar-refractivity contribution in [3.8, 4) is 5.75 Å². The van der Waals surface area contributed by atoms with Gasteiger partial charge in [0.25, 0.3) is 5.91 Å². The Hall–Kier alpha value is -1.55. The number of rotatable bonds is 4. The molecule has 1 aliphatic rings. The van der Waals surface area contributed by atoms with Crippen LogP contribution in [-0.4, -0.2) is 44.1 Å². The molecule has 4 heteroatoms. The number of fused-ring (bicyclic) bond motifs is 1. The van der Waals surface area contributed by atoms with Gasteiger partial charge in [0, 0.05) is 26.6 Å². The third-order valence-corrected chi connectivity index (χ3v) is 3.00. The van der Waals surface area contributed by atoms with Crippen molar-refractivity contribution < 1.29 is 9.53 Å². The van der Waals surface area contributed by atoms with Crippen LogP contribution in [0.1, 0.15) is 5.56 Å². The van der Waals surface area contributed by atoms with Gasteiger partial charge in [-0.3, -0.25) is 4.79 Å². The molecule has 1 aromatic carbocycles. The summed E-state index contributed by atoms with van der Waals surface area (Å²) in [5, 5.41) is 3.03. The minimum atomic E-state index is -0.353. The Balaban J connectivity index is 1.96. The zero-order valence-electron chi connectivity index (χ0n) is 10.3. The van der Waals surface area contributed by atoms with E-state index in [1.54, 1.807) is 4.90 Å². The van der Waals surface area contributed by atoms with Gasteiger partial charge < -0.3 is 15.0 Å². The van der Waals surface area contributed by atoms with E-state index in [2.05, 4.69) is 5.32 Å². The number of benzene rings is 1. The number of nitrogens with zero attached hydrogens (tertiary/aromatic N) is 1. The predicted molar refractivity (Wildman–Crippen MR) is 66.1 cm³/mol. The Labute approximate surface area is 102 Å². The number of hydrogen-bond donors (Lipinski definition) is 1. The van der Waals surface area contributed by atoms with E-state index in [1.807, 2.05) is 38.4 Å². The molecule has 1 N–H and O–H groups in total. The Kier molecular flexibility index (Phi) is 3.64. The SMILES string of the molecule is CNCCN(C)C(=O)C1Cc2ccccc2O1. The van der Waals surface area contributed by atoms with Gasteiger partial charge in [-0.15, -0.1) is 0 Å². The van der Waals surface area contributed by atoms with Gasteiger partial charge in [-0.2, -0.15) is 0 Å². The molecule has 92 valence electrons. The van der Waals surface area contributed by atoms with Crippen LogP contribution in [-0.2, 0) is 11.2 Å². The van der Waals surface area contributed by atoms with Gasteiger partial charge in [-0.25, -0.2) is 0 Å². The normalized spacial score (nSPS) is 17.4. The van der Waals surface area contributed by atoms with Crippen molar-refractivity contribution in [3.63, 3.8) is 0 Å². The lowest BCUT2D eigenvalue weighted by Gasteiger charge is -2.20. The first-order chi connectivity index (χ1) is 8.22. The van der Waals surface area contributed by atoms with E-state index in [4.69, 9.17) is 4.74 Å². The molecule has 1 atom stereocenters. The quantitative estimate of drug-likeness (QED) is 0.832. The van der Waals surface area contributed by atoms with Crippen molar-refractivity contribution in [2.45, 2.75) is 12.5 Å². The zero-order chi connectivity index (χ0) is 12.3. The molecular formula is C13H18N2O2. The van der Waals surface area contributed by atoms with E-state index >= 15 is 0 Å². The second kappa shape index (κ2) is 5.19. The molecule has 4 nitrogen and oxygen atoms in total. The molecule has 0 aromatic heterocycles. The van der Waals surface area contributed by atoms with Crippen LogP contribution < -0.4 is 10.1 Å². The van der Waals surface area contributed by atoms with E-state index in [1.165, 1.54) is 0 Å². The number of likely N-dealkylation sites (N-methyl/N-ethyl adjacent to an activating group) is 2. The van der Waals surface area contributed by atoms with Crippen molar-refractivity contribution in [2.75, 3.05) is 27.2 Å². The zero-order valence-corrected chi connectivity index (χ0v) is 10.3. The first kappa shape index (κ1) is 11.9. The minimum Gasteiger partial charge on any atom is -0.480 e. The summed E-state index contributed by atoms with van der Waals surface area (Å²) in [7, 11) is 3.69. The van der Waals surface area contributed by atoms with Crippen LogP contribution in [0.2, 0.25) is 0 Å². The number of amides is 1. The maximum absolute atomic E-state index is 12.1. The summed E-state index contributed by atoms with van der Waals surface area (Å²) < 4.78 is 5.66. The van der Waals surface area contributed by atoms with Crippen molar-refractivity contribution in [1.82, 2.24) is 10.2 Å². The number of carbonyl (C=O) groups is 1. The van der Waals surface area contributed by atoms with Crippen LogP contribution in [0.3, 0.4) is 0 Å². The highest BCUT2D eigenvalue weighted by Crippen LogP contribution is 2.28. The van der Waals surface area contributed by atoms with E-state index < -0.39 is 0 Å². The second-order valence-corrected chi connectivity index (χ2v) is 4.28. The van der Waals surface area contributed by atoms with E-state index in [9.17, 15) is 4.79 Å². The van der Waals surface area contributed by atoms with Gasteiger partial charge in [0.05, 0.1) is 0 Å². The Morgan fingerprint density at radius 2 is 2.29 bits per heavy atom. The molecular weight excluding hydrogens is 216 g/mol. The fourth-order valence-corrected chi connectivity index (χ4v) is 1.96. The van der Waals surface area contributed by atoms with Crippen molar-refractivity contribution in [3.05, 3.63) is 29.8 Å². The fourth-order valence-electron chi connectivity index (χ4n) is 1.96. The number of hydrogen-bond acceptors (Lipinski definition) is 3. The van der Waals surface area contributed by atoms with E-state index in [-0.39, 0.29) is 12.0 Å². The molecule has 17 heavy (non-hydrogen) atoms. The third-order valence-electron chi connectivity index (χ3n) is 3.00. The fraction of sp³-hybridized carbons (Fsp3) is 0.462. The molecule has 0 spiro atoms. The van der Waals surface area contributed by atoms with E-state index in [0.29, 0.717) is 13.0 Å². The monoisotopic (exact) mass is 234 g/mol. The molecule has 0 saturated carbocycles. The highest BCUT2D eigenvalue weighted by molar-refractivity contribution is 5.82. The van der Waals surface area contributed by atoms with Crippen LogP contribution in [0.25, 0.3) is 0 Å². The summed E-state index contributed by atoms with van der Waals surface area (Å²) in [6.07, 6.45) is 0.327. The van der Waals surface area contributed by atoms with Crippen molar-refractivity contribution in [2.24, 2.45) is 0 Å². The number of carbonyl (C=O) groups excluding carboxylic acids is 1. The smallest absolute Gasteiger partial charge is 0.263 e. The lowest BCUT2D eigenvalue weighted by Crippen LogP contribution is -2.41. The van der Waals surface area contributed by atoms with Gasteiger partial charge in [0.15, 0.2) is 6.10 Å². The Morgan fingerprint density at radius 3 is 3.00 bits per heavy atom. The average molecular weight is 234 g/mol. The van der Waals surface area contributed by atoms with Crippen LogP contribution in [0.15, 0.2) is 24.3 Å². The summed E-state index contributed by atoms with van der Waals surface area (Å²) in [6.45, 7) is 1.49. The molecule has 0 saturated heterocycles. The summed E-state index contributed by atoms with van der Waals surface area (Å²) in [4.78, 5) is 13.8. The Bertz CT molecular complexity index is 381. The maximum atomic E-state index is 12.1. The number of nitrogens with one attached hydrogen (secondary N) is 1. The summed E-state index contributed by atoms with van der Waals surface area (Å²) >= 11 is 0.